The second-order valence-electron chi connectivity index (χ2n) is 5.98. The van der Waals surface area contributed by atoms with Gasteiger partial charge in [-0.15, -0.1) is 10.2 Å². The van der Waals surface area contributed by atoms with Crippen LogP contribution >= 0.6 is 11.3 Å². The van der Waals surface area contributed by atoms with Gasteiger partial charge in [0.1, 0.15) is 17.1 Å². The summed E-state index contributed by atoms with van der Waals surface area (Å²) in [6.45, 7) is 0. The number of nitrogens with zero attached hydrogens (tertiary/aromatic N) is 5. The van der Waals surface area contributed by atoms with Crippen LogP contribution in [-0.2, 0) is 0 Å². The maximum atomic E-state index is 12.7. The number of nitrogens with one attached hydrogen (secondary N) is 1. The minimum atomic E-state index is -0.607. The molecule has 4 rings (SSSR count). The van der Waals surface area contributed by atoms with E-state index in [1.165, 1.54) is 44.0 Å². The summed E-state index contributed by atoms with van der Waals surface area (Å²) < 4.78 is 11.9. The predicted molar refractivity (Wildman–Crippen MR) is 108 cm³/mol. The number of methoxy groups -OCH3 is 2. The minimum Gasteiger partial charge on any atom is -0.495 e. The molecule has 2 aromatic heterocycles. The van der Waals surface area contributed by atoms with Crippen molar-refractivity contribution in [3.8, 4) is 22.1 Å². The van der Waals surface area contributed by atoms with E-state index >= 15 is 0 Å². The minimum absolute atomic E-state index is 0.0689. The summed E-state index contributed by atoms with van der Waals surface area (Å²) in [6, 6.07) is 9.19. The number of hydrogen-bond acceptors (Lipinski definition) is 9. The number of aromatic nitrogens is 4. The van der Waals surface area contributed by atoms with Crippen molar-refractivity contribution in [3.05, 3.63) is 58.4 Å². The van der Waals surface area contributed by atoms with Gasteiger partial charge < -0.3 is 14.8 Å². The summed E-state index contributed by atoms with van der Waals surface area (Å²) in [5.74, 6) is -0.0353. The highest BCUT2D eigenvalue weighted by atomic mass is 32.1. The van der Waals surface area contributed by atoms with Crippen molar-refractivity contribution in [3.63, 3.8) is 0 Å². The van der Waals surface area contributed by atoms with E-state index in [0.29, 0.717) is 21.4 Å². The number of nitro groups is 1. The maximum Gasteiger partial charge on any atom is 0.311 e. The maximum absolute atomic E-state index is 12.7. The van der Waals surface area contributed by atoms with Crippen LogP contribution in [0.1, 0.15) is 10.4 Å². The molecule has 0 aliphatic carbocycles. The first-order chi connectivity index (χ1) is 14.5. The van der Waals surface area contributed by atoms with Gasteiger partial charge in [-0.05, 0) is 30.3 Å². The molecule has 0 saturated heterocycles. The van der Waals surface area contributed by atoms with Crippen LogP contribution in [0.4, 0.5) is 11.4 Å². The molecule has 4 aromatic rings. The largest absolute Gasteiger partial charge is 0.495 e. The van der Waals surface area contributed by atoms with Crippen LogP contribution in [0.25, 0.3) is 15.5 Å². The number of fused-ring (bicyclic) bond motifs is 1. The molecule has 152 valence electrons. The van der Waals surface area contributed by atoms with Gasteiger partial charge in [0.2, 0.25) is 4.96 Å². The fraction of sp³-hybridized carbons (Fsp3) is 0.111. The van der Waals surface area contributed by atoms with Gasteiger partial charge in [-0.1, -0.05) is 11.3 Å². The Labute approximate surface area is 173 Å². The molecule has 0 aliphatic rings. The van der Waals surface area contributed by atoms with Gasteiger partial charge in [-0.25, -0.2) is 0 Å². The molecular weight excluding hydrogens is 412 g/mol. The quantitative estimate of drug-likeness (QED) is 0.367. The number of nitro benzene ring substituents is 1. The number of hydrogen-bond donors (Lipinski definition) is 1. The second-order valence-corrected chi connectivity index (χ2v) is 6.93. The summed E-state index contributed by atoms with van der Waals surface area (Å²) in [6.07, 6.45) is 1.50. The molecule has 0 radical (unpaired) electrons. The Morgan fingerprint density at radius 1 is 1.17 bits per heavy atom. The molecule has 0 unspecified atom stereocenters. The first kappa shape index (κ1) is 19.3. The highest BCUT2D eigenvalue weighted by molar-refractivity contribution is 7.19. The lowest BCUT2D eigenvalue weighted by Gasteiger charge is -2.12. The molecule has 2 aromatic carbocycles. The molecule has 2 heterocycles. The molecule has 1 amide bonds. The van der Waals surface area contributed by atoms with Crippen molar-refractivity contribution < 1.29 is 19.2 Å². The first-order valence-corrected chi connectivity index (χ1v) is 9.31. The Bertz CT molecular complexity index is 1240. The third-order valence-corrected chi connectivity index (χ3v) is 5.18. The van der Waals surface area contributed by atoms with Crippen molar-refractivity contribution in [2.45, 2.75) is 0 Å². The average Bonchev–Trinajstić information content (AvgIpc) is 3.35. The molecule has 1 N–H and O–H groups in total. The van der Waals surface area contributed by atoms with Gasteiger partial charge in [0.15, 0.2) is 5.75 Å². The number of carbonyl (C=O) groups is 1. The lowest BCUT2D eigenvalue weighted by Crippen LogP contribution is -2.13. The van der Waals surface area contributed by atoms with E-state index in [1.807, 2.05) is 0 Å². The van der Waals surface area contributed by atoms with Crippen LogP contribution in [0.5, 0.6) is 11.5 Å². The molecule has 0 bridgehead atoms. The van der Waals surface area contributed by atoms with Crippen LogP contribution < -0.4 is 14.8 Å². The van der Waals surface area contributed by atoms with E-state index in [4.69, 9.17) is 9.47 Å². The highest BCUT2D eigenvalue weighted by Crippen LogP contribution is 2.33. The summed E-state index contributed by atoms with van der Waals surface area (Å²) in [5.41, 5.74) is 0.936. The van der Waals surface area contributed by atoms with Gasteiger partial charge in [-0.3, -0.25) is 14.9 Å². The van der Waals surface area contributed by atoms with Gasteiger partial charge in [0.25, 0.3) is 5.91 Å². The van der Waals surface area contributed by atoms with Crippen molar-refractivity contribution >= 4 is 33.6 Å². The Hall–Kier alpha value is -4.06. The zero-order valence-electron chi connectivity index (χ0n) is 15.7. The lowest BCUT2D eigenvalue weighted by atomic mass is 10.1. The van der Waals surface area contributed by atoms with Crippen molar-refractivity contribution in [2.75, 3.05) is 19.5 Å². The second kappa shape index (κ2) is 7.75. The fourth-order valence-electron chi connectivity index (χ4n) is 2.78. The van der Waals surface area contributed by atoms with Crippen molar-refractivity contribution in [1.29, 1.82) is 0 Å². The van der Waals surface area contributed by atoms with E-state index in [9.17, 15) is 14.9 Å². The van der Waals surface area contributed by atoms with Gasteiger partial charge >= 0.3 is 5.69 Å². The molecule has 0 saturated carbocycles. The van der Waals surface area contributed by atoms with E-state index in [1.54, 1.807) is 22.7 Å². The van der Waals surface area contributed by atoms with Crippen LogP contribution in [0, 0.1) is 10.1 Å². The van der Waals surface area contributed by atoms with Crippen molar-refractivity contribution in [2.24, 2.45) is 0 Å². The standard InChI is InChI=1S/C18H14N6O5S/c1-28-14-5-4-11(17-22-23-9-19-21-18(23)30-17)7-12(14)20-16(25)10-3-6-15(29-2)13(8-10)24(26)27/h3-9H,1-2H3,(H,20,25). The number of amides is 1. The Morgan fingerprint density at radius 2 is 1.93 bits per heavy atom. The Balaban J connectivity index is 1.66. The molecule has 0 aliphatic heterocycles. The van der Waals surface area contributed by atoms with E-state index in [0.717, 1.165) is 11.6 Å². The number of benzene rings is 2. The van der Waals surface area contributed by atoms with Gasteiger partial charge in [0.05, 0.1) is 24.8 Å². The van der Waals surface area contributed by atoms with Crippen LogP contribution in [0.15, 0.2) is 42.7 Å². The van der Waals surface area contributed by atoms with Gasteiger partial charge in [0, 0.05) is 17.2 Å². The smallest absolute Gasteiger partial charge is 0.311 e. The molecule has 30 heavy (non-hydrogen) atoms. The lowest BCUT2D eigenvalue weighted by molar-refractivity contribution is -0.385. The Morgan fingerprint density at radius 3 is 2.63 bits per heavy atom. The summed E-state index contributed by atoms with van der Waals surface area (Å²) in [5, 5.41) is 26.8. The van der Waals surface area contributed by atoms with Crippen LogP contribution in [-0.4, -0.2) is 44.9 Å². The zero-order chi connectivity index (χ0) is 21.3. The molecule has 0 fully saturated rings. The fourth-order valence-corrected chi connectivity index (χ4v) is 3.60. The molecule has 11 nitrogen and oxygen atoms in total. The monoisotopic (exact) mass is 426 g/mol. The molecule has 0 atom stereocenters. The summed E-state index contributed by atoms with van der Waals surface area (Å²) in [4.78, 5) is 24.0. The normalized spacial score (nSPS) is 10.7. The SMILES string of the molecule is COc1ccc(-c2nn3cnnc3s2)cc1NC(=O)c1ccc(OC)c([N+](=O)[O-])c1. The van der Waals surface area contributed by atoms with Gasteiger partial charge in [-0.2, -0.15) is 9.61 Å². The van der Waals surface area contributed by atoms with E-state index < -0.39 is 10.8 Å². The predicted octanol–water partition coefficient (Wildman–Crippen LogP) is 3.03. The van der Waals surface area contributed by atoms with E-state index in [2.05, 4.69) is 20.6 Å². The summed E-state index contributed by atoms with van der Waals surface area (Å²) >= 11 is 1.34. The number of anilines is 1. The summed E-state index contributed by atoms with van der Waals surface area (Å²) in [7, 11) is 2.80. The first-order valence-electron chi connectivity index (χ1n) is 8.49. The van der Waals surface area contributed by atoms with Crippen molar-refractivity contribution in [1.82, 2.24) is 19.8 Å². The third kappa shape index (κ3) is 3.51. The molecule has 12 heteroatoms. The third-order valence-electron chi connectivity index (χ3n) is 4.22. The average molecular weight is 426 g/mol. The number of carbonyl (C=O) groups excluding carboxylic acids is 1. The van der Waals surface area contributed by atoms with Crippen LogP contribution in [0.3, 0.4) is 0 Å². The number of ether oxygens (including phenoxy) is 2. The van der Waals surface area contributed by atoms with Crippen LogP contribution in [0.2, 0.25) is 0 Å². The molecule has 0 spiro atoms. The topological polar surface area (TPSA) is 134 Å². The zero-order valence-corrected chi connectivity index (χ0v) is 16.5. The van der Waals surface area contributed by atoms with E-state index in [-0.39, 0.29) is 17.0 Å². The molecular formula is C18H14N6O5S. The number of rotatable bonds is 6. The highest BCUT2D eigenvalue weighted by Gasteiger charge is 2.19. The Kier molecular flexibility index (Phi) is 4.98.